The molecule has 0 saturated heterocycles. The van der Waals surface area contributed by atoms with E-state index in [1.54, 1.807) is 6.20 Å². The molecule has 1 aromatic rings. The second-order valence-electron chi connectivity index (χ2n) is 6.98. The Balaban J connectivity index is 1.89. The molecule has 2 aliphatic carbocycles. The normalized spacial score (nSPS) is 34.1. The van der Waals surface area contributed by atoms with Crippen molar-refractivity contribution >= 4 is 5.84 Å². The van der Waals surface area contributed by atoms with E-state index in [9.17, 15) is 0 Å². The van der Waals surface area contributed by atoms with Crippen molar-refractivity contribution in [2.45, 2.75) is 46.1 Å². The van der Waals surface area contributed by atoms with Crippen molar-refractivity contribution in [1.29, 1.82) is 5.41 Å². The fourth-order valence-corrected chi connectivity index (χ4v) is 4.15. The van der Waals surface area contributed by atoms with E-state index in [2.05, 4.69) is 25.8 Å². The number of nitrogens with one attached hydrogen (secondary N) is 1. The molecule has 2 fully saturated rings. The van der Waals surface area contributed by atoms with Gasteiger partial charge in [-0.3, -0.25) is 5.41 Å². The third kappa shape index (κ3) is 1.67. The number of amidine groups is 1. The number of fused-ring (bicyclic) bond motifs is 2. The van der Waals surface area contributed by atoms with Crippen LogP contribution in [0.2, 0.25) is 0 Å². The minimum atomic E-state index is -0.0341. The highest BCUT2D eigenvalue weighted by Crippen LogP contribution is 2.66. The highest BCUT2D eigenvalue weighted by Gasteiger charge is 2.62. The van der Waals surface area contributed by atoms with E-state index in [0.717, 1.165) is 12.3 Å². The van der Waals surface area contributed by atoms with E-state index < -0.39 is 0 Å². The van der Waals surface area contributed by atoms with Crippen LogP contribution in [0.1, 0.15) is 45.7 Å². The second-order valence-corrected chi connectivity index (χ2v) is 6.98. The number of aromatic nitrogens is 1. The summed E-state index contributed by atoms with van der Waals surface area (Å²) in [7, 11) is 0. The van der Waals surface area contributed by atoms with E-state index in [4.69, 9.17) is 15.9 Å². The summed E-state index contributed by atoms with van der Waals surface area (Å²) in [5, 5.41) is 7.62. The minimum absolute atomic E-state index is 0.0341. The monoisotopic (exact) mass is 273 g/mol. The molecule has 108 valence electrons. The Morgan fingerprint density at radius 1 is 1.45 bits per heavy atom. The first-order chi connectivity index (χ1) is 9.36. The van der Waals surface area contributed by atoms with Gasteiger partial charge in [-0.1, -0.05) is 20.8 Å². The van der Waals surface area contributed by atoms with Crippen LogP contribution in [-0.4, -0.2) is 16.9 Å². The van der Waals surface area contributed by atoms with Crippen LogP contribution < -0.4 is 10.5 Å². The fourth-order valence-electron chi connectivity index (χ4n) is 4.15. The Morgan fingerprint density at radius 3 is 2.75 bits per heavy atom. The molecule has 0 amide bonds. The van der Waals surface area contributed by atoms with Crippen LogP contribution in [0.25, 0.3) is 0 Å². The summed E-state index contributed by atoms with van der Waals surface area (Å²) in [6, 6.07) is 3.70. The first kappa shape index (κ1) is 13.4. The summed E-state index contributed by atoms with van der Waals surface area (Å²) in [6.45, 7) is 7.07. The molecule has 2 aliphatic rings. The molecule has 2 saturated carbocycles. The molecule has 3 N–H and O–H groups in total. The van der Waals surface area contributed by atoms with Gasteiger partial charge in [-0.25, -0.2) is 4.98 Å². The number of hydrogen-bond donors (Lipinski definition) is 2. The van der Waals surface area contributed by atoms with Crippen LogP contribution in [0.3, 0.4) is 0 Å². The van der Waals surface area contributed by atoms with E-state index in [1.807, 2.05) is 12.1 Å². The largest absolute Gasteiger partial charge is 0.487 e. The molecule has 0 aliphatic heterocycles. The van der Waals surface area contributed by atoms with Gasteiger partial charge in [0.05, 0.1) is 0 Å². The van der Waals surface area contributed by atoms with Crippen LogP contribution >= 0.6 is 0 Å². The molecule has 0 radical (unpaired) electrons. The number of pyridine rings is 1. The predicted octanol–water partition coefficient (Wildman–Crippen LogP) is 2.96. The lowest BCUT2D eigenvalue weighted by atomic mass is 9.70. The summed E-state index contributed by atoms with van der Waals surface area (Å²) >= 11 is 0. The van der Waals surface area contributed by atoms with Gasteiger partial charge in [0.15, 0.2) is 0 Å². The van der Waals surface area contributed by atoms with Gasteiger partial charge in [-0.2, -0.15) is 0 Å². The number of nitrogens with two attached hydrogens (primary N) is 1. The van der Waals surface area contributed by atoms with Crippen molar-refractivity contribution in [3.63, 3.8) is 0 Å². The lowest BCUT2D eigenvalue weighted by Crippen LogP contribution is -2.39. The lowest BCUT2D eigenvalue weighted by molar-refractivity contribution is 0.0298. The average molecular weight is 273 g/mol. The zero-order valence-corrected chi connectivity index (χ0v) is 12.4. The first-order valence-corrected chi connectivity index (χ1v) is 7.32. The summed E-state index contributed by atoms with van der Waals surface area (Å²) in [5.74, 6) is 1.35. The predicted molar refractivity (Wildman–Crippen MR) is 78.9 cm³/mol. The number of nitrogen functional groups attached to an aromatic ring is 1. The molecule has 0 spiro atoms. The Kier molecular flexibility index (Phi) is 2.82. The maximum Gasteiger partial charge on any atom is 0.149 e. The Morgan fingerprint density at radius 2 is 2.20 bits per heavy atom. The van der Waals surface area contributed by atoms with Crippen molar-refractivity contribution < 1.29 is 4.74 Å². The quantitative estimate of drug-likeness (QED) is 0.657. The molecule has 3 atom stereocenters. The molecule has 4 heteroatoms. The van der Waals surface area contributed by atoms with Crippen molar-refractivity contribution in [2.75, 3.05) is 0 Å². The van der Waals surface area contributed by atoms with Crippen LogP contribution in [0.15, 0.2) is 18.3 Å². The number of nitrogens with zero attached hydrogens (tertiary/aromatic N) is 1. The first-order valence-electron chi connectivity index (χ1n) is 7.32. The van der Waals surface area contributed by atoms with Crippen LogP contribution in [-0.2, 0) is 0 Å². The van der Waals surface area contributed by atoms with Crippen molar-refractivity contribution in [1.82, 2.24) is 4.98 Å². The van der Waals surface area contributed by atoms with Gasteiger partial charge in [-0.05, 0) is 42.7 Å². The molecule has 0 aromatic carbocycles. The summed E-state index contributed by atoms with van der Waals surface area (Å²) in [6.07, 6.45) is 5.45. The van der Waals surface area contributed by atoms with Gasteiger partial charge >= 0.3 is 0 Å². The van der Waals surface area contributed by atoms with Crippen molar-refractivity contribution in [3.05, 3.63) is 24.0 Å². The second kappa shape index (κ2) is 4.21. The maximum absolute atomic E-state index is 7.62. The molecule has 1 aromatic heterocycles. The van der Waals surface area contributed by atoms with Crippen molar-refractivity contribution in [3.8, 4) is 5.75 Å². The van der Waals surface area contributed by atoms with Gasteiger partial charge in [0.1, 0.15) is 23.4 Å². The van der Waals surface area contributed by atoms with Gasteiger partial charge in [0.2, 0.25) is 0 Å². The number of hydrogen-bond acceptors (Lipinski definition) is 3. The minimum Gasteiger partial charge on any atom is -0.487 e. The van der Waals surface area contributed by atoms with E-state index in [0.29, 0.717) is 16.9 Å². The molecule has 3 unspecified atom stereocenters. The maximum atomic E-state index is 7.62. The fraction of sp³-hybridized carbons (Fsp3) is 0.625. The molecule has 1 heterocycles. The van der Waals surface area contributed by atoms with Gasteiger partial charge in [0, 0.05) is 11.6 Å². The molecular weight excluding hydrogens is 250 g/mol. The number of rotatable bonds is 3. The van der Waals surface area contributed by atoms with Gasteiger partial charge in [0.25, 0.3) is 0 Å². The third-order valence-electron chi connectivity index (χ3n) is 6.01. The summed E-state index contributed by atoms with van der Waals surface area (Å²) in [5.41, 5.74) is 6.56. The molecular formula is C16H23N3O. The standard InChI is InChI=1S/C16H23N3O/c1-15(2)10-6-7-16(15,3)12(9-10)20-11-5-4-8-19-13(11)14(17)18/h4-5,8,10,12H,6-7,9H2,1-3H3,(H3,17,18). The average Bonchev–Trinajstić information content (AvgIpc) is 2.72. The number of ether oxygens (including phenoxy) is 1. The highest BCUT2D eigenvalue weighted by atomic mass is 16.5. The summed E-state index contributed by atoms with van der Waals surface area (Å²) < 4.78 is 6.26. The SMILES string of the molecule is CC1(C)C2CCC1(C)C(Oc1cccnc1C(=N)N)C2. The van der Waals surface area contributed by atoms with Gasteiger partial charge in [-0.15, -0.1) is 0 Å². The zero-order chi connectivity index (χ0) is 14.5. The third-order valence-corrected chi connectivity index (χ3v) is 6.01. The molecule has 2 bridgehead atoms. The Labute approximate surface area is 120 Å². The zero-order valence-electron chi connectivity index (χ0n) is 12.4. The van der Waals surface area contributed by atoms with Crippen LogP contribution in [0.4, 0.5) is 0 Å². The molecule has 4 nitrogen and oxygen atoms in total. The Bertz CT molecular complexity index is 554. The summed E-state index contributed by atoms with van der Waals surface area (Å²) in [4.78, 5) is 4.17. The topological polar surface area (TPSA) is 72.0 Å². The van der Waals surface area contributed by atoms with E-state index in [-0.39, 0.29) is 17.4 Å². The smallest absolute Gasteiger partial charge is 0.149 e. The van der Waals surface area contributed by atoms with Crippen LogP contribution in [0.5, 0.6) is 5.75 Å². The van der Waals surface area contributed by atoms with Crippen molar-refractivity contribution in [2.24, 2.45) is 22.5 Å². The Hall–Kier alpha value is -1.58. The van der Waals surface area contributed by atoms with Gasteiger partial charge < -0.3 is 10.5 Å². The molecule has 3 rings (SSSR count). The molecule has 20 heavy (non-hydrogen) atoms. The van der Waals surface area contributed by atoms with E-state index in [1.165, 1.54) is 12.8 Å². The highest BCUT2D eigenvalue weighted by molar-refractivity contribution is 5.95. The van der Waals surface area contributed by atoms with Crippen LogP contribution in [0, 0.1) is 22.2 Å². The lowest BCUT2D eigenvalue weighted by Gasteiger charge is -2.39. The van der Waals surface area contributed by atoms with E-state index >= 15 is 0 Å².